The summed E-state index contributed by atoms with van der Waals surface area (Å²) in [5.41, 5.74) is 5.90. The molecular formula is C17H16N4O4. The Morgan fingerprint density at radius 2 is 1.96 bits per heavy atom. The summed E-state index contributed by atoms with van der Waals surface area (Å²) in [4.78, 5) is 23.8. The van der Waals surface area contributed by atoms with Crippen LogP contribution in [-0.4, -0.2) is 28.4 Å². The van der Waals surface area contributed by atoms with Gasteiger partial charge in [-0.3, -0.25) is 10.2 Å². The second-order valence-electron chi connectivity index (χ2n) is 4.94. The molecule has 0 bridgehead atoms. The Bertz CT molecular complexity index is 856. The van der Waals surface area contributed by atoms with Gasteiger partial charge in [-0.2, -0.15) is 5.10 Å². The normalized spacial score (nSPS) is 10.3. The number of nitrogens with one attached hydrogen (secondary N) is 2. The van der Waals surface area contributed by atoms with Gasteiger partial charge in [-0.1, -0.05) is 18.2 Å². The van der Waals surface area contributed by atoms with E-state index in [9.17, 15) is 9.59 Å². The molecule has 1 aromatic carbocycles. The molecule has 0 aliphatic carbocycles. The first-order chi connectivity index (χ1) is 12.2. The van der Waals surface area contributed by atoms with E-state index < -0.39 is 12.0 Å². The van der Waals surface area contributed by atoms with Gasteiger partial charge in [0.1, 0.15) is 11.4 Å². The summed E-state index contributed by atoms with van der Waals surface area (Å²) >= 11 is 0. The number of carbonyl (C=O) groups is 2. The highest BCUT2D eigenvalue weighted by atomic mass is 16.6. The minimum atomic E-state index is -0.743. The van der Waals surface area contributed by atoms with Crippen LogP contribution < -0.4 is 10.9 Å². The number of benzene rings is 1. The van der Waals surface area contributed by atoms with Crippen LogP contribution in [0.1, 0.15) is 17.4 Å². The molecule has 0 aliphatic rings. The van der Waals surface area contributed by atoms with E-state index in [-0.39, 0.29) is 12.3 Å². The molecule has 2 N–H and O–H groups in total. The molecule has 0 aliphatic heterocycles. The lowest BCUT2D eigenvalue weighted by Gasteiger charge is -2.09. The van der Waals surface area contributed by atoms with E-state index >= 15 is 0 Å². The zero-order chi connectivity index (χ0) is 17.6. The van der Waals surface area contributed by atoms with Gasteiger partial charge in [0.2, 0.25) is 0 Å². The minimum absolute atomic E-state index is 0.201. The summed E-state index contributed by atoms with van der Waals surface area (Å²) in [6.07, 6.45) is 0.784. The third-order valence-corrected chi connectivity index (χ3v) is 3.27. The zero-order valence-corrected chi connectivity index (χ0v) is 13.4. The van der Waals surface area contributed by atoms with Gasteiger partial charge in [0.05, 0.1) is 18.6 Å². The van der Waals surface area contributed by atoms with Crippen molar-refractivity contribution in [3.63, 3.8) is 0 Å². The molecule has 8 heteroatoms. The van der Waals surface area contributed by atoms with Gasteiger partial charge in [0.15, 0.2) is 5.76 Å². The minimum Gasteiger partial charge on any atom is -0.463 e. The number of nitrogens with zero attached hydrogens (tertiary/aromatic N) is 2. The van der Waals surface area contributed by atoms with Crippen LogP contribution in [0.25, 0.3) is 17.1 Å². The molecular weight excluding hydrogens is 324 g/mol. The van der Waals surface area contributed by atoms with Crippen molar-refractivity contribution < 1.29 is 18.7 Å². The zero-order valence-electron chi connectivity index (χ0n) is 13.4. The average molecular weight is 340 g/mol. The van der Waals surface area contributed by atoms with Crippen molar-refractivity contribution in [2.75, 3.05) is 6.61 Å². The molecule has 0 spiro atoms. The molecule has 25 heavy (non-hydrogen) atoms. The number of aromatic nitrogens is 2. The third kappa shape index (κ3) is 3.69. The Morgan fingerprint density at radius 3 is 2.64 bits per heavy atom. The molecule has 0 unspecified atom stereocenters. The summed E-state index contributed by atoms with van der Waals surface area (Å²) in [5, 5.41) is 4.43. The van der Waals surface area contributed by atoms with E-state index in [1.54, 1.807) is 25.1 Å². The van der Waals surface area contributed by atoms with Gasteiger partial charge in [-0.05, 0) is 31.2 Å². The van der Waals surface area contributed by atoms with Crippen LogP contribution in [0, 0.1) is 0 Å². The molecule has 2 aromatic heterocycles. The van der Waals surface area contributed by atoms with Crippen molar-refractivity contribution in [3.05, 3.63) is 60.5 Å². The van der Waals surface area contributed by atoms with Crippen LogP contribution in [0.5, 0.6) is 0 Å². The maximum absolute atomic E-state index is 12.5. The lowest BCUT2D eigenvalue weighted by molar-refractivity contribution is 0.0905. The Hall–Kier alpha value is -3.55. The van der Waals surface area contributed by atoms with Crippen LogP contribution >= 0.6 is 0 Å². The highest BCUT2D eigenvalue weighted by Crippen LogP contribution is 2.22. The number of hydrogen-bond donors (Lipinski definition) is 2. The number of ether oxygens (including phenoxy) is 1. The lowest BCUT2D eigenvalue weighted by Crippen LogP contribution is -2.42. The van der Waals surface area contributed by atoms with Crippen molar-refractivity contribution in [1.82, 2.24) is 20.6 Å². The van der Waals surface area contributed by atoms with Crippen LogP contribution in [0.4, 0.5) is 4.79 Å². The molecule has 128 valence electrons. The van der Waals surface area contributed by atoms with E-state index in [0.717, 1.165) is 0 Å². The number of carbonyl (C=O) groups excluding carboxylic acids is 2. The number of rotatable bonds is 4. The quantitative estimate of drug-likeness (QED) is 0.711. The first-order valence-electron chi connectivity index (χ1n) is 7.61. The third-order valence-electron chi connectivity index (χ3n) is 3.27. The van der Waals surface area contributed by atoms with E-state index in [2.05, 4.69) is 16.0 Å². The van der Waals surface area contributed by atoms with Crippen LogP contribution in [0.2, 0.25) is 0 Å². The second-order valence-corrected chi connectivity index (χ2v) is 4.94. The molecule has 0 atom stereocenters. The fourth-order valence-electron chi connectivity index (χ4n) is 2.19. The van der Waals surface area contributed by atoms with Crippen LogP contribution in [0.3, 0.4) is 0 Å². The summed E-state index contributed by atoms with van der Waals surface area (Å²) in [7, 11) is 0. The molecule has 8 nitrogen and oxygen atoms in total. The van der Waals surface area contributed by atoms with Crippen molar-refractivity contribution >= 4 is 12.0 Å². The monoisotopic (exact) mass is 340 g/mol. The van der Waals surface area contributed by atoms with Crippen molar-refractivity contribution in [2.45, 2.75) is 6.92 Å². The van der Waals surface area contributed by atoms with Crippen LogP contribution in [-0.2, 0) is 4.74 Å². The fraction of sp³-hybridized carbons (Fsp3) is 0.118. The summed E-state index contributed by atoms with van der Waals surface area (Å²) in [6, 6.07) is 14.2. The number of hydrazine groups is 1. The molecule has 3 aromatic rings. The van der Waals surface area contributed by atoms with Crippen molar-refractivity contribution in [1.29, 1.82) is 0 Å². The summed E-state index contributed by atoms with van der Waals surface area (Å²) in [6.45, 7) is 1.87. The van der Waals surface area contributed by atoms with Gasteiger partial charge in [0.25, 0.3) is 5.91 Å². The summed E-state index contributed by atoms with van der Waals surface area (Å²) < 4.78 is 11.5. The Morgan fingerprint density at radius 1 is 1.16 bits per heavy atom. The maximum atomic E-state index is 12.5. The standard InChI is InChI=1S/C17H16N4O4/c1-2-24-17(23)19-18-16(22)14-11-13(15-9-6-10-25-15)20-21(14)12-7-4-3-5-8-12/h3-11H,2H2,1H3,(H,18,22)(H,19,23). The number of hydrogen-bond acceptors (Lipinski definition) is 5. The van der Waals surface area contributed by atoms with E-state index in [0.29, 0.717) is 17.1 Å². The van der Waals surface area contributed by atoms with Gasteiger partial charge in [-0.25, -0.2) is 14.9 Å². The highest BCUT2D eigenvalue weighted by molar-refractivity contribution is 5.95. The van der Waals surface area contributed by atoms with E-state index in [1.807, 2.05) is 30.3 Å². The predicted molar refractivity (Wildman–Crippen MR) is 88.9 cm³/mol. The van der Waals surface area contributed by atoms with Gasteiger partial charge in [-0.15, -0.1) is 0 Å². The molecule has 2 heterocycles. The highest BCUT2D eigenvalue weighted by Gasteiger charge is 2.19. The van der Waals surface area contributed by atoms with Crippen molar-refractivity contribution in [3.8, 4) is 17.1 Å². The van der Waals surface area contributed by atoms with E-state index in [4.69, 9.17) is 9.15 Å². The molecule has 0 saturated carbocycles. The Kier molecular flexibility index (Phi) is 4.79. The topological polar surface area (TPSA) is 98.4 Å². The van der Waals surface area contributed by atoms with Gasteiger partial charge >= 0.3 is 6.09 Å². The molecule has 3 rings (SSSR count). The fourth-order valence-corrected chi connectivity index (χ4v) is 2.19. The van der Waals surface area contributed by atoms with Crippen LogP contribution in [0.15, 0.2) is 59.2 Å². The number of amides is 2. The summed E-state index contributed by atoms with van der Waals surface area (Å²) in [5.74, 6) is -0.00991. The first-order valence-corrected chi connectivity index (χ1v) is 7.61. The Labute approximate surface area is 143 Å². The largest absolute Gasteiger partial charge is 0.463 e. The smallest absolute Gasteiger partial charge is 0.426 e. The van der Waals surface area contributed by atoms with E-state index in [1.165, 1.54) is 10.9 Å². The maximum Gasteiger partial charge on any atom is 0.426 e. The first kappa shape index (κ1) is 16.3. The number of furan rings is 1. The molecule has 0 fully saturated rings. The average Bonchev–Trinajstić information content (AvgIpc) is 3.30. The van der Waals surface area contributed by atoms with Gasteiger partial charge in [0, 0.05) is 6.07 Å². The number of para-hydroxylation sites is 1. The van der Waals surface area contributed by atoms with Crippen molar-refractivity contribution in [2.24, 2.45) is 0 Å². The van der Waals surface area contributed by atoms with Gasteiger partial charge < -0.3 is 9.15 Å². The SMILES string of the molecule is CCOC(=O)NNC(=O)c1cc(-c2ccco2)nn1-c1ccccc1. The predicted octanol–water partition coefficient (Wildman–Crippen LogP) is 2.52. The molecule has 0 radical (unpaired) electrons. The second kappa shape index (κ2) is 7.35. The Balaban J connectivity index is 1.91. The molecule has 0 saturated heterocycles. The molecule has 2 amide bonds. The lowest BCUT2D eigenvalue weighted by atomic mass is 10.3.